The molecule has 0 aliphatic carbocycles. The number of halogens is 1. The molecule has 1 heterocycles. The first-order chi connectivity index (χ1) is 8.70. The molecule has 1 aromatic rings. The van der Waals surface area contributed by atoms with E-state index in [0.717, 1.165) is 24.3 Å². The van der Waals surface area contributed by atoms with E-state index in [9.17, 15) is 4.79 Å². The third-order valence-electron chi connectivity index (χ3n) is 2.54. The highest BCUT2D eigenvalue weighted by Crippen LogP contribution is 2.25. The number of benzene rings is 1. The van der Waals surface area contributed by atoms with E-state index in [2.05, 4.69) is 15.8 Å². The molecule has 1 aromatic carbocycles. The molecule has 5 nitrogen and oxygen atoms in total. The second kappa shape index (κ2) is 5.73. The van der Waals surface area contributed by atoms with Crippen LogP contribution in [0.2, 0.25) is 0 Å². The lowest BCUT2D eigenvalue weighted by molar-refractivity contribution is -0.134. The Morgan fingerprint density at radius 1 is 1.61 bits per heavy atom. The number of hydrogen-bond acceptors (Lipinski definition) is 5. The third-order valence-corrected chi connectivity index (χ3v) is 2.78. The second-order valence-electron chi connectivity index (χ2n) is 3.78. The molecule has 18 heavy (non-hydrogen) atoms. The summed E-state index contributed by atoms with van der Waals surface area (Å²) < 4.78 is 4.71. The molecular formula is C12H14ClN3O2. The summed E-state index contributed by atoms with van der Waals surface area (Å²) in [4.78, 5) is 11.2. The Balaban J connectivity index is 2.01. The van der Waals surface area contributed by atoms with Gasteiger partial charge in [-0.25, -0.2) is 4.79 Å². The van der Waals surface area contributed by atoms with Gasteiger partial charge in [-0.1, -0.05) is 11.6 Å². The highest BCUT2D eigenvalue weighted by Gasteiger charge is 2.11. The van der Waals surface area contributed by atoms with Crippen molar-refractivity contribution in [1.82, 2.24) is 0 Å². The van der Waals surface area contributed by atoms with Crippen LogP contribution in [0, 0.1) is 0 Å². The Kier molecular flexibility index (Phi) is 4.04. The van der Waals surface area contributed by atoms with E-state index in [1.165, 1.54) is 5.56 Å². The smallest absolute Gasteiger partial charge is 0.370 e. The number of carbonyl (C=O) groups excluding carboxylic acids is 1. The number of nitrogens with one attached hydrogen (secondary N) is 2. The van der Waals surface area contributed by atoms with Crippen LogP contribution >= 0.6 is 11.6 Å². The number of carbonyl (C=O) groups is 1. The van der Waals surface area contributed by atoms with E-state index in [-0.39, 0.29) is 11.8 Å². The van der Waals surface area contributed by atoms with Gasteiger partial charge in [0.2, 0.25) is 5.17 Å². The third kappa shape index (κ3) is 2.92. The maximum atomic E-state index is 11.2. The van der Waals surface area contributed by atoms with Gasteiger partial charge in [-0.2, -0.15) is 5.10 Å². The fourth-order valence-electron chi connectivity index (χ4n) is 1.72. The number of hydrogen-bond donors (Lipinski definition) is 2. The van der Waals surface area contributed by atoms with Gasteiger partial charge in [-0.05, 0) is 37.1 Å². The molecule has 0 radical (unpaired) electrons. The number of fused-ring (bicyclic) bond motifs is 1. The maximum absolute atomic E-state index is 11.2. The maximum Gasteiger partial charge on any atom is 0.370 e. The minimum atomic E-state index is -0.630. The van der Waals surface area contributed by atoms with Gasteiger partial charge in [0.05, 0.1) is 12.3 Å². The van der Waals surface area contributed by atoms with Crippen LogP contribution in [0.25, 0.3) is 0 Å². The second-order valence-corrected chi connectivity index (χ2v) is 4.14. The predicted molar refractivity (Wildman–Crippen MR) is 72.2 cm³/mol. The lowest BCUT2D eigenvalue weighted by Gasteiger charge is -2.04. The normalized spacial score (nSPS) is 13.8. The summed E-state index contributed by atoms with van der Waals surface area (Å²) in [7, 11) is 0. The first-order valence-electron chi connectivity index (χ1n) is 5.74. The molecule has 0 bridgehead atoms. The molecular weight excluding hydrogens is 254 g/mol. The van der Waals surface area contributed by atoms with Crippen molar-refractivity contribution in [3.63, 3.8) is 0 Å². The monoisotopic (exact) mass is 267 g/mol. The van der Waals surface area contributed by atoms with Gasteiger partial charge in [-0.15, -0.1) is 0 Å². The fourth-order valence-corrected chi connectivity index (χ4v) is 1.82. The Labute approximate surface area is 110 Å². The van der Waals surface area contributed by atoms with E-state index in [1.807, 2.05) is 18.2 Å². The molecule has 0 atom stereocenters. The molecule has 2 N–H and O–H groups in total. The zero-order valence-electron chi connectivity index (χ0n) is 10.00. The molecule has 0 unspecified atom stereocenters. The van der Waals surface area contributed by atoms with Crippen molar-refractivity contribution >= 4 is 34.1 Å². The molecule has 0 amide bonds. The minimum Gasteiger partial charge on any atom is -0.461 e. The summed E-state index contributed by atoms with van der Waals surface area (Å²) in [5.74, 6) is -0.630. The number of ether oxygens (including phenoxy) is 1. The molecule has 0 spiro atoms. The molecule has 0 aromatic heterocycles. The summed E-state index contributed by atoms with van der Waals surface area (Å²) in [5, 5.41) is 6.83. The topological polar surface area (TPSA) is 62.7 Å². The molecule has 1 aliphatic heterocycles. The Morgan fingerprint density at radius 2 is 2.44 bits per heavy atom. The molecule has 6 heteroatoms. The molecule has 0 saturated carbocycles. The molecule has 2 rings (SSSR count). The Hall–Kier alpha value is -1.75. The van der Waals surface area contributed by atoms with Crippen LogP contribution in [-0.2, 0) is 16.0 Å². The van der Waals surface area contributed by atoms with E-state index in [4.69, 9.17) is 16.3 Å². The van der Waals surface area contributed by atoms with Gasteiger partial charge < -0.3 is 10.1 Å². The average Bonchev–Trinajstić information content (AvgIpc) is 2.83. The summed E-state index contributed by atoms with van der Waals surface area (Å²) >= 11 is 5.68. The number of nitrogens with zero attached hydrogens (tertiary/aromatic N) is 1. The zero-order valence-corrected chi connectivity index (χ0v) is 10.8. The average molecular weight is 268 g/mol. The van der Waals surface area contributed by atoms with Gasteiger partial charge in [-0.3, -0.25) is 5.43 Å². The standard InChI is InChI=1S/C12H14ClN3O2/c1-2-18-12(17)11(13)16-15-9-3-4-10-8(7-9)5-6-14-10/h3-4,7,14-15H,2,5-6H2,1H3. The van der Waals surface area contributed by atoms with Gasteiger partial charge in [0.15, 0.2) is 0 Å². The number of esters is 1. The Morgan fingerprint density at radius 3 is 3.22 bits per heavy atom. The SMILES string of the molecule is CCOC(=O)C(Cl)=NNc1ccc2c(c1)CCN2. The van der Waals surface area contributed by atoms with Crippen LogP contribution in [0.3, 0.4) is 0 Å². The van der Waals surface area contributed by atoms with Crippen LogP contribution in [0.15, 0.2) is 23.3 Å². The van der Waals surface area contributed by atoms with Crippen molar-refractivity contribution < 1.29 is 9.53 Å². The predicted octanol–water partition coefficient (Wildman–Crippen LogP) is 2.18. The summed E-state index contributed by atoms with van der Waals surface area (Å²) in [5.41, 5.74) is 5.90. The van der Waals surface area contributed by atoms with Crippen LogP contribution in [0.1, 0.15) is 12.5 Å². The number of anilines is 2. The quantitative estimate of drug-likeness (QED) is 0.499. The van der Waals surface area contributed by atoms with E-state index in [1.54, 1.807) is 6.92 Å². The van der Waals surface area contributed by atoms with Crippen LogP contribution in [0.5, 0.6) is 0 Å². The van der Waals surface area contributed by atoms with E-state index in [0.29, 0.717) is 0 Å². The van der Waals surface area contributed by atoms with Crippen molar-refractivity contribution in [1.29, 1.82) is 0 Å². The van der Waals surface area contributed by atoms with Crippen LogP contribution in [0.4, 0.5) is 11.4 Å². The minimum absolute atomic E-state index is 0.213. The van der Waals surface area contributed by atoms with Crippen molar-refractivity contribution in [2.45, 2.75) is 13.3 Å². The highest BCUT2D eigenvalue weighted by atomic mass is 35.5. The highest BCUT2D eigenvalue weighted by molar-refractivity contribution is 6.82. The summed E-state index contributed by atoms with van der Waals surface area (Å²) in [6, 6.07) is 5.82. The van der Waals surface area contributed by atoms with E-state index < -0.39 is 5.97 Å². The Bertz CT molecular complexity index is 488. The van der Waals surface area contributed by atoms with Crippen molar-refractivity contribution in [2.75, 3.05) is 23.9 Å². The van der Waals surface area contributed by atoms with Crippen LogP contribution < -0.4 is 10.7 Å². The largest absolute Gasteiger partial charge is 0.461 e. The van der Waals surface area contributed by atoms with Gasteiger partial charge in [0.1, 0.15) is 0 Å². The lowest BCUT2D eigenvalue weighted by atomic mass is 10.1. The summed E-state index contributed by atoms with van der Waals surface area (Å²) in [6.07, 6.45) is 0.986. The van der Waals surface area contributed by atoms with E-state index >= 15 is 0 Å². The fraction of sp³-hybridized carbons (Fsp3) is 0.333. The van der Waals surface area contributed by atoms with Crippen molar-refractivity contribution in [3.05, 3.63) is 23.8 Å². The molecule has 1 aliphatic rings. The summed E-state index contributed by atoms with van der Waals surface area (Å²) in [6.45, 7) is 2.93. The zero-order chi connectivity index (χ0) is 13.0. The molecule has 0 fully saturated rings. The van der Waals surface area contributed by atoms with Gasteiger partial charge in [0.25, 0.3) is 0 Å². The first kappa shape index (κ1) is 12.7. The van der Waals surface area contributed by atoms with Crippen molar-refractivity contribution in [3.8, 4) is 0 Å². The number of rotatable bonds is 4. The lowest BCUT2D eigenvalue weighted by Crippen LogP contribution is -2.13. The number of hydrazone groups is 1. The van der Waals surface area contributed by atoms with Crippen molar-refractivity contribution in [2.24, 2.45) is 5.10 Å². The van der Waals surface area contributed by atoms with Gasteiger partial charge >= 0.3 is 5.97 Å². The molecule has 0 saturated heterocycles. The first-order valence-corrected chi connectivity index (χ1v) is 6.11. The van der Waals surface area contributed by atoms with Gasteiger partial charge in [0, 0.05) is 12.2 Å². The van der Waals surface area contributed by atoms with Crippen LogP contribution in [-0.4, -0.2) is 24.3 Å². The molecule has 96 valence electrons.